The molecule has 0 aliphatic heterocycles. The van der Waals surface area contributed by atoms with E-state index in [1.54, 1.807) is 0 Å². The van der Waals surface area contributed by atoms with Crippen LogP contribution in [0.3, 0.4) is 0 Å². The Bertz CT molecular complexity index is 554. The second-order valence-electron chi connectivity index (χ2n) is 3.63. The highest BCUT2D eigenvalue weighted by Gasteiger charge is 2.10. The number of carbonyl (C=O) groups is 1. The SMILES string of the molecule is CONC(=O)c1cc(CBr)cc2ccccc12. The molecule has 4 heteroatoms. The minimum atomic E-state index is -0.230. The third kappa shape index (κ3) is 2.48. The van der Waals surface area contributed by atoms with Crippen LogP contribution >= 0.6 is 15.9 Å². The van der Waals surface area contributed by atoms with E-state index in [1.165, 1.54) is 7.11 Å². The van der Waals surface area contributed by atoms with Crippen LogP contribution in [-0.2, 0) is 10.2 Å². The molecule has 2 aromatic rings. The Morgan fingerprint density at radius 3 is 2.82 bits per heavy atom. The van der Waals surface area contributed by atoms with Gasteiger partial charge < -0.3 is 0 Å². The van der Waals surface area contributed by atoms with Crippen molar-refractivity contribution in [3.05, 3.63) is 47.5 Å². The highest BCUT2D eigenvalue weighted by atomic mass is 79.9. The first-order valence-electron chi connectivity index (χ1n) is 5.17. The lowest BCUT2D eigenvalue weighted by atomic mass is 10.0. The van der Waals surface area contributed by atoms with Crippen LogP contribution < -0.4 is 5.48 Å². The van der Waals surface area contributed by atoms with Crippen LogP contribution in [0.25, 0.3) is 10.8 Å². The fourth-order valence-electron chi connectivity index (χ4n) is 1.79. The van der Waals surface area contributed by atoms with Crippen molar-refractivity contribution >= 4 is 32.6 Å². The molecule has 0 fully saturated rings. The molecule has 0 unspecified atom stereocenters. The van der Waals surface area contributed by atoms with Crippen LogP contribution in [0.1, 0.15) is 15.9 Å². The van der Waals surface area contributed by atoms with Gasteiger partial charge >= 0.3 is 0 Å². The highest BCUT2D eigenvalue weighted by Crippen LogP contribution is 2.22. The lowest BCUT2D eigenvalue weighted by Gasteiger charge is -2.08. The highest BCUT2D eigenvalue weighted by molar-refractivity contribution is 9.08. The van der Waals surface area contributed by atoms with Crippen LogP contribution in [0, 0.1) is 0 Å². The van der Waals surface area contributed by atoms with E-state index in [0.717, 1.165) is 16.3 Å². The van der Waals surface area contributed by atoms with E-state index < -0.39 is 0 Å². The number of halogens is 1. The first kappa shape index (κ1) is 12.1. The van der Waals surface area contributed by atoms with Crippen molar-refractivity contribution in [1.29, 1.82) is 0 Å². The molecule has 88 valence electrons. The second-order valence-corrected chi connectivity index (χ2v) is 4.19. The number of alkyl halides is 1. The van der Waals surface area contributed by atoms with Crippen molar-refractivity contribution in [3.8, 4) is 0 Å². The summed E-state index contributed by atoms with van der Waals surface area (Å²) < 4.78 is 0. The van der Waals surface area contributed by atoms with Gasteiger partial charge in [-0.15, -0.1) is 0 Å². The Labute approximate surface area is 108 Å². The number of rotatable bonds is 3. The molecule has 0 aliphatic carbocycles. The molecule has 3 nitrogen and oxygen atoms in total. The van der Waals surface area contributed by atoms with E-state index in [4.69, 9.17) is 0 Å². The largest absolute Gasteiger partial charge is 0.277 e. The topological polar surface area (TPSA) is 38.3 Å². The summed E-state index contributed by atoms with van der Waals surface area (Å²) in [5, 5.41) is 2.68. The Balaban J connectivity index is 2.62. The molecule has 1 amide bonds. The van der Waals surface area contributed by atoms with Crippen molar-refractivity contribution in [1.82, 2.24) is 5.48 Å². The van der Waals surface area contributed by atoms with E-state index in [-0.39, 0.29) is 5.91 Å². The van der Waals surface area contributed by atoms with Gasteiger partial charge in [0.15, 0.2) is 0 Å². The zero-order valence-electron chi connectivity index (χ0n) is 9.37. The summed E-state index contributed by atoms with van der Waals surface area (Å²) in [6.45, 7) is 0. The summed E-state index contributed by atoms with van der Waals surface area (Å²) in [5.74, 6) is -0.230. The Hall–Kier alpha value is -1.39. The summed E-state index contributed by atoms with van der Waals surface area (Å²) in [4.78, 5) is 16.5. The van der Waals surface area contributed by atoms with Crippen LogP contribution in [0.4, 0.5) is 0 Å². The smallest absolute Gasteiger partial charge is 0.275 e. The molecule has 1 N–H and O–H groups in total. The average Bonchev–Trinajstić information content (AvgIpc) is 2.37. The predicted octanol–water partition coefficient (Wildman–Crippen LogP) is 3.03. The van der Waals surface area contributed by atoms with Gasteiger partial charge in [0.1, 0.15) is 0 Å². The summed E-state index contributed by atoms with van der Waals surface area (Å²) >= 11 is 3.40. The van der Waals surface area contributed by atoms with E-state index in [9.17, 15) is 4.79 Å². The third-order valence-electron chi connectivity index (χ3n) is 2.52. The molecule has 0 aliphatic rings. The average molecular weight is 294 g/mol. The van der Waals surface area contributed by atoms with E-state index in [0.29, 0.717) is 10.9 Å². The van der Waals surface area contributed by atoms with Gasteiger partial charge in [0.25, 0.3) is 5.91 Å². The number of hydroxylamine groups is 1. The number of nitrogens with one attached hydrogen (secondary N) is 1. The molecule has 0 bridgehead atoms. The summed E-state index contributed by atoms with van der Waals surface area (Å²) in [6.07, 6.45) is 0. The lowest BCUT2D eigenvalue weighted by Crippen LogP contribution is -2.22. The fourth-order valence-corrected chi connectivity index (χ4v) is 2.11. The number of benzene rings is 2. The van der Waals surface area contributed by atoms with Gasteiger partial charge in [-0.2, -0.15) is 0 Å². The predicted molar refractivity (Wildman–Crippen MR) is 71.1 cm³/mol. The first-order valence-corrected chi connectivity index (χ1v) is 6.29. The molecule has 2 aromatic carbocycles. The van der Waals surface area contributed by atoms with Crippen LogP contribution in [0.2, 0.25) is 0 Å². The van der Waals surface area contributed by atoms with Crippen LogP contribution in [0.15, 0.2) is 36.4 Å². The second kappa shape index (κ2) is 5.29. The van der Waals surface area contributed by atoms with Gasteiger partial charge in [-0.1, -0.05) is 46.3 Å². The van der Waals surface area contributed by atoms with Crippen molar-refractivity contribution in [2.24, 2.45) is 0 Å². The van der Waals surface area contributed by atoms with Gasteiger partial charge in [-0.25, -0.2) is 5.48 Å². The van der Waals surface area contributed by atoms with E-state index in [2.05, 4.69) is 32.3 Å². The summed E-state index contributed by atoms with van der Waals surface area (Å²) in [7, 11) is 1.43. The normalized spacial score (nSPS) is 10.5. The number of amides is 1. The molecule has 2 rings (SSSR count). The number of carbonyl (C=O) groups excluding carboxylic acids is 1. The Morgan fingerprint density at radius 1 is 1.35 bits per heavy atom. The lowest BCUT2D eigenvalue weighted by molar-refractivity contribution is 0.0539. The molecule has 0 saturated heterocycles. The van der Waals surface area contributed by atoms with Crippen molar-refractivity contribution in [2.45, 2.75) is 5.33 Å². The van der Waals surface area contributed by atoms with Gasteiger partial charge in [0, 0.05) is 10.9 Å². The minimum absolute atomic E-state index is 0.230. The molecule has 0 spiro atoms. The quantitative estimate of drug-likeness (QED) is 0.698. The molecule has 0 radical (unpaired) electrons. The van der Waals surface area contributed by atoms with Crippen LogP contribution in [0.5, 0.6) is 0 Å². The number of hydrogen-bond donors (Lipinski definition) is 1. The molecule has 0 saturated carbocycles. The Kier molecular flexibility index (Phi) is 3.76. The fraction of sp³-hybridized carbons (Fsp3) is 0.154. The van der Waals surface area contributed by atoms with E-state index >= 15 is 0 Å². The maximum atomic E-state index is 11.9. The monoisotopic (exact) mass is 293 g/mol. The molecular weight excluding hydrogens is 282 g/mol. The third-order valence-corrected chi connectivity index (χ3v) is 3.16. The van der Waals surface area contributed by atoms with Gasteiger partial charge in [0.05, 0.1) is 7.11 Å². The van der Waals surface area contributed by atoms with Crippen molar-refractivity contribution < 1.29 is 9.63 Å². The van der Waals surface area contributed by atoms with Crippen molar-refractivity contribution in [2.75, 3.05) is 7.11 Å². The summed E-state index contributed by atoms with van der Waals surface area (Å²) in [6, 6.07) is 11.7. The van der Waals surface area contributed by atoms with Gasteiger partial charge in [0.2, 0.25) is 0 Å². The maximum Gasteiger partial charge on any atom is 0.275 e. The molecule has 17 heavy (non-hydrogen) atoms. The number of fused-ring (bicyclic) bond motifs is 1. The zero-order valence-corrected chi connectivity index (χ0v) is 11.0. The Morgan fingerprint density at radius 2 is 2.12 bits per heavy atom. The molecule has 0 heterocycles. The van der Waals surface area contributed by atoms with E-state index in [1.807, 2.05) is 30.3 Å². The van der Waals surface area contributed by atoms with Gasteiger partial charge in [-0.3, -0.25) is 9.63 Å². The maximum absolute atomic E-state index is 11.9. The van der Waals surface area contributed by atoms with Crippen molar-refractivity contribution in [3.63, 3.8) is 0 Å². The number of hydrogen-bond acceptors (Lipinski definition) is 2. The molecule has 0 aromatic heterocycles. The van der Waals surface area contributed by atoms with Crippen LogP contribution in [-0.4, -0.2) is 13.0 Å². The molecule has 0 atom stereocenters. The molecular formula is C13H12BrNO2. The van der Waals surface area contributed by atoms with Gasteiger partial charge in [-0.05, 0) is 22.4 Å². The standard InChI is InChI=1S/C13H12BrNO2/c1-17-15-13(16)12-7-9(8-14)6-10-4-2-3-5-11(10)12/h2-7H,8H2,1H3,(H,15,16). The minimum Gasteiger partial charge on any atom is -0.277 e. The summed E-state index contributed by atoms with van der Waals surface area (Å²) in [5.41, 5.74) is 4.04. The first-order chi connectivity index (χ1) is 8.26. The zero-order chi connectivity index (χ0) is 12.3.